The van der Waals surface area contributed by atoms with Gasteiger partial charge < -0.3 is 5.32 Å². The van der Waals surface area contributed by atoms with Gasteiger partial charge in [0.15, 0.2) is 0 Å². The van der Waals surface area contributed by atoms with Crippen molar-refractivity contribution in [1.29, 1.82) is 0 Å². The van der Waals surface area contributed by atoms with Gasteiger partial charge in [0.25, 0.3) is 5.91 Å². The van der Waals surface area contributed by atoms with Crippen LogP contribution in [0.15, 0.2) is 30.5 Å². The van der Waals surface area contributed by atoms with Crippen molar-refractivity contribution in [3.05, 3.63) is 53.1 Å². The largest absolute Gasteiger partial charge is 0.322 e. The Morgan fingerprint density at radius 1 is 1.20 bits per heavy atom. The van der Waals surface area contributed by atoms with Gasteiger partial charge in [-0.05, 0) is 25.5 Å². The summed E-state index contributed by atoms with van der Waals surface area (Å²) in [5, 5.41) is 2.90. The van der Waals surface area contributed by atoms with Crippen molar-refractivity contribution in [2.24, 2.45) is 0 Å². The highest BCUT2D eigenvalue weighted by Gasteiger charge is 2.13. The molecule has 0 aliphatic rings. The average molecular weight is 269 g/mol. The first-order valence-electron chi connectivity index (χ1n) is 6.69. The number of anilines is 1. The van der Waals surface area contributed by atoms with E-state index in [1.807, 2.05) is 52.0 Å². The molecular weight excluding hydrogens is 250 g/mol. The molecule has 0 bridgehead atoms. The first kappa shape index (κ1) is 14.2. The Bertz CT molecular complexity index is 635. The van der Waals surface area contributed by atoms with E-state index in [1.165, 1.54) is 0 Å². The standard InChI is InChI=1S/C16H19N3O/c1-10(2)15-17-9-13(12(4)18-15)16(20)19-14-8-6-5-7-11(14)3/h5-10H,1-4H3,(H,19,20). The highest BCUT2D eigenvalue weighted by Crippen LogP contribution is 2.16. The van der Waals surface area contributed by atoms with Crippen LogP contribution in [0, 0.1) is 13.8 Å². The fraction of sp³-hybridized carbons (Fsp3) is 0.312. The van der Waals surface area contributed by atoms with Gasteiger partial charge in [0, 0.05) is 17.8 Å². The van der Waals surface area contributed by atoms with Gasteiger partial charge in [0.2, 0.25) is 0 Å². The molecule has 0 spiro atoms. The Labute approximate surface area is 119 Å². The number of hydrogen-bond acceptors (Lipinski definition) is 3. The van der Waals surface area contributed by atoms with Crippen LogP contribution in [0.2, 0.25) is 0 Å². The van der Waals surface area contributed by atoms with Crippen molar-refractivity contribution in [3.8, 4) is 0 Å². The van der Waals surface area contributed by atoms with Gasteiger partial charge >= 0.3 is 0 Å². The Balaban J connectivity index is 2.24. The number of aryl methyl sites for hydroxylation is 2. The summed E-state index contributed by atoms with van der Waals surface area (Å²) in [6, 6.07) is 7.68. The Morgan fingerprint density at radius 3 is 2.50 bits per heavy atom. The van der Waals surface area contributed by atoms with Crippen LogP contribution in [0.5, 0.6) is 0 Å². The zero-order valence-electron chi connectivity index (χ0n) is 12.3. The first-order valence-corrected chi connectivity index (χ1v) is 6.69. The van der Waals surface area contributed by atoms with E-state index < -0.39 is 0 Å². The summed E-state index contributed by atoms with van der Waals surface area (Å²) in [5.74, 6) is 0.837. The molecule has 0 saturated carbocycles. The van der Waals surface area contributed by atoms with Crippen LogP contribution in [0.25, 0.3) is 0 Å². The predicted molar refractivity (Wildman–Crippen MR) is 80.0 cm³/mol. The molecule has 2 rings (SSSR count). The lowest BCUT2D eigenvalue weighted by atomic mass is 10.1. The maximum Gasteiger partial charge on any atom is 0.259 e. The summed E-state index contributed by atoms with van der Waals surface area (Å²) in [5.41, 5.74) is 3.05. The number of carbonyl (C=O) groups is 1. The van der Waals surface area contributed by atoms with E-state index in [2.05, 4.69) is 15.3 Å². The van der Waals surface area contributed by atoms with Crippen LogP contribution in [-0.4, -0.2) is 15.9 Å². The van der Waals surface area contributed by atoms with E-state index >= 15 is 0 Å². The number of benzene rings is 1. The predicted octanol–water partition coefficient (Wildman–Crippen LogP) is 3.47. The van der Waals surface area contributed by atoms with Gasteiger partial charge in [-0.1, -0.05) is 32.0 Å². The summed E-state index contributed by atoms with van der Waals surface area (Å²) >= 11 is 0. The van der Waals surface area contributed by atoms with Gasteiger partial charge in [-0.25, -0.2) is 9.97 Å². The lowest BCUT2D eigenvalue weighted by molar-refractivity contribution is 0.102. The number of nitrogens with zero attached hydrogens (tertiary/aromatic N) is 2. The third-order valence-corrected chi connectivity index (χ3v) is 3.15. The van der Waals surface area contributed by atoms with Crippen LogP contribution in [0.4, 0.5) is 5.69 Å². The zero-order chi connectivity index (χ0) is 14.7. The molecule has 0 atom stereocenters. The van der Waals surface area contributed by atoms with E-state index in [0.29, 0.717) is 11.3 Å². The maximum atomic E-state index is 12.3. The number of rotatable bonds is 3. The lowest BCUT2D eigenvalue weighted by Gasteiger charge is -2.11. The third-order valence-electron chi connectivity index (χ3n) is 3.15. The molecule has 1 aromatic heterocycles. The molecule has 0 saturated heterocycles. The van der Waals surface area contributed by atoms with Crippen LogP contribution in [0.1, 0.15) is 47.2 Å². The molecule has 4 nitrogen and oxygen atoms in total. The van der Waals surface area contributed by atoms with Gasteiger partial charge in [0.05, 0.1) is 11.3 Å². The highest BCUT2D eigenvalue weighted by atomic mass is 16.1. The van der Waals surface area contributed by atoms with E-state index in [1.54, 1.807) is 6.20 Å². The van der Waals surface area contributed by atoms with Gasteiger partial charge in [0.1, 0.15) is 5.82 Å². The number of carbonyl (C=O) groups excluding carboxylic acids is 1. The smallest absolute Gasteiger partial charge is 0.259 e. The van der Waals surface area contributed by atoms with E-state index in [9.17, 15) is 4.79 Å². The summed E-state index contributed by atoms with van der Waals surface area (Å²) < 4.78 is 0. The number of para-hydroxylation sites is 1. The lowest BCUT2D eigenvalue weighted by Crippen LogP contribution is -2.16. The van der Waals surface area contributed by atoms with Crippen molar-refractivity contribution < 1.29 is 4.79 Å². The molecule has 4 heteroatoms. The molecule has 20 heavy (non-hydrogen) atoms. The van der Waals surface area contributed by atoms with Crippen molar-refractivity contribution in [1.82, 2.24) is 9.97 Å². The van der Waals surface area contributed by atoms with Crippen LogP contribution >= 0.6 is 0 Å². The average Bonchev–Trinajstić information content (AvgIpc) is 2.41. The third kappa shape index (κ3) is 3.02. The number of hydrogen-bond donors (Lipinski definition) is 1. The molecule has 1 amide bonds. The minimum Gasteiger partial charge on any atom is -0.322 e. The normalized spacial score (nSPS) is 10.7. The number of amides is 1. The molecule has 1 heterocycles. The second-order valence-electron chi connectivity index (χ2n) is 5.15. The molecule has 1 N–H and O–H groups in total. The topological polar surface area (TPSA) is 54.9 Å². The van der Waals surface area contributed by atoms with E-state index in [0.717, 1.165) is 17.1 Å². The summed E-state index contributed by atoms with van der Waals surface area (Å²) in [6.45, 7) is 7.85. The molecule has 0 aliphatic heterocycles. The summed E-state index contributed by atoms with van der Waals surface area (Å²) in [7, 11) is 0. The number of aromatic nitrogens is 2. The SMILES string of the molecule is Cc1ccccc1NC(=O)c1cnc(C(C)C)nc1C. The van der Waals surface area contributed by atoms with Crippen molar-refractivity contribution in [2.45, 2.75) is 33.6 Å². The minimum absolute atomic E-state index is 0.174. The van der Waals surface area contributed by atoms with Crippen LogP contribution in [0.3, 0.4) is 0 Å². The number of nitrogens with one attached hydrogen (secondary N) is 1. The Hall–Kier alpha value is -2.23. The summed E-state index contributed by atoms with van der Waals surface area (Å²) in [4.78, 5) is 20.9. The van der Waals surface area contributed by atoms with E-state index in [-0.39, 0.29) is 11.8 Å². The second kappa shape index (κ2) is 5.82. The molecule has 2 aromatic rings. The fourth-order valence-electron chi connectivity index (χ4n) is 1.89. The molecule has 0 radical (unpaired) electrons. The fourth-order valence-corrected chi connectivity index (χ4v) is 1.89. The zero-order valence-corrected chi connectivity index (χ0v) is 12.3. The van der Waals surface area contributed by atoms with Crippen LogP contribution < -0.4 is 5.32 Å². The maximum absolute atomic E-state index is 12.3. The van der Waals surface area contributed by atoms with Crippen molar-refractivity contribution in [2.75, 3.05) is 5.32 Å². The van der Waals surface area contributed by atoms with Crippen LogP contribution in [-0.2, 0) is 0 Å². The Kier molecular flexibility index (Phi) is 4.13. The van der Waals surface area contributed by atoms with Crippen molar-refractivity contribution in [3.63, 3.8) is 0 Å². The molecule has 1 aromatic carbocycles. The summed E-state index contributed by atoms with van der Waals surface area (Å²) in [6.07, 6.45) is 1.60. The second-order valence-corrected chi connectivity index (χ2v) is 5.15. The Morgan fingerprint density at radius 2 is 1.90 bits per heavy atom. The molecular formula is C16H19N3O. The molecule has 104 valence electrons. The van der Waals surface area contributed by atoms with Gasteiger partial charge in [-0.3, -0.25) is 4.79 Å². The molecule has 0 aliphatic carbocycles. The molecule has 0 fully saturated rings. The van der Waals surface area contributed by atoms with Crippen molar-refractivity contribution >= 4 is 11.6 Å². The van der Waals surface area contributed by atoms with Gasteiger partial charge in [-0.15, -0.1) is 0 Å². The monoisotopic (exact) mass is 269 g/mol. The first-order chi connectivity index (χ1) is 9.49. The van der Waals surface area contributed by atoms with Gasteiger partial charge in [-0.2, -0.15) is 0 Å². The minimum atomic E-state index is -0.174. The quantitative estimate of drug-likeness (QED) is 0.928. The highest BCUT2D eigenvalue weighted by molar-refractivity contribution is 6.05. The van der Waals surface area contributed by atoms with E-state index in [4.69, 9.17) is 0 Å². The molecule has 0 unspecified atom stereocenters.